The first-order chi connectivity index (χ1) is 8.37. The molecule has 2 N–H and O–H groups in total. The van der Waals surface area contributed by atoms with Gasteiger partial charge in [-0.15, -0.1) is 0 Å². The Bertz CT molecular complexity index is 794. The van der Waals surface area contributed by atoms with Crippen molar-refractivity contribution in [2.75, 3.05) is 0 Å². The molecule has 2 aromatic carbocycles. The number of benzene rings is 2. The summed E-state index contributed by atoms with van der Waals surface area (Å²) in [5, 5.41) is 11.1. The maximum absolute atomic E-state index is 12.1. The quantitative estimate of drug-likeness (QED) is 0.594. The van der Waals surface area contributed by atoms with Crippen LogP contribution in [0.4, 0.5) is 0 Å². The summed E-state index contributed by atoms with van der Waals surface area (Å²) in [6.07, 6.45) is 0. The molecule has 0 saturated heterocycles. The normalized spacial score (nSPS) is 21.5. The molecule has 0 bridgehead atoms. The van der Waals surface area contributed by atoms with E-state index in [1.54, 1.807) is 18.2 Å². The standard InChI is InChI=1S/C12H8O5S.Na/c13-11-8-5-1-3-7-4-2-6-9(10(7)8)12(11,14)18(15,16)17;/h1-6,14H,(H,15,16,17);. The average molecular weight is 287 g/mol. The number of carbonyl (C=O) groups excluding carboxylic acids is 1. The van der Waals surface area contributed by atoms with E-state index in [0.717, 1.165) is 0 Å². The zero-order chi connectivity index (χ0) is 13.1. The number of hydrogen-bond donors (Lipinski definition) is 2. The van der Waals surface area contributed by atoms with E-state index in [-0.39, 0.29) is 40.7 Å². The largest absolute Gasteiger partial charge is 0.363 e. The van der Waals surface area contributed by atoms with E-state index in [0.29, 0.717) is 10.8 Å². The van der Waals surface area contributed by atoms with Crippen molar-refractivity contribution in [3.63, 3.8) is 0 Å². The van der Waals surface area contributed by atoms with E-state index >= 15 is 0 Å². The minimum atomic E-state index is -4.96. The number of hydrogen-bond acceptors (Lipinski definition) is 4. The predicted molar refractivity (Wildman–Crippen MR) is 69.5 cm³/mol. The topological polar surface area (TPSA) is 91.7 Å². The van der Waals surface area contributed by atoms with E-state index < -0.39 is 20.8 Å². The van der Waals surface area contributed by atoms with Gasteiger partial charge in [0.15, 0.2) is 0 Å². The molecule has 0 fully saturated rings. The van der Waals surface area contributed by atoms with Crippen LogP contribution in [0.3, 0.4) is 0 Å². The van der Waals surface area contributed by atoms with Crippen molar-refractivity contribution in [2.45, 2.75) is 4.93 Å². The Labute approximate surface area is 131 Å². The molecule has 3 rings (SSSR count). The van der Waals surface area contributed by atoms with Crippen molar-refractivity contribution in [3.05, 3.63) is 47.5 Å². The minimum Gasteiger partial charge on any atom is -0.363 e. The van der Waals surface area contributed by atoms with Crippen molar-refractivity contribution < 1.29 is 22.9 Å². The fraction of sp³-hybridized carbons (Fsp3) is 0.0833. The van der Waals surface area contributed by atoms with Gasteiger partial charge >= 0.3 is 10.1 Å². The molecule has 2 aromatic rings. The van der Waals surface area contributed by atoms with Crippen LogP contribution in [0.2, 0.25) is 0 Å². The minimum absolute atomic E-state index is 0. The van der Waals surface area contributed by atoms with Crippen molar-refractivity contribution >= 4 is 56.2 Å². The molecule has 1 unspecified atom stereocenters. The molecule has 1 atom stereocenters. The van der Waals surface area contributed by atoms with Gasteiger partial charge in [0, 0.05) is 46.1 Å². The fourth-order valence-electron chi connectivity index (χ4n) is 2.37. The van der Waals surface area contributed by atoms with Gasteiger partial charge in [-0.25, -0.2) is 0 Å². The van der Waals surface area contributed by atoms with Gasteiger partial charge in [-0.2, -0.15) is 8.42 Å². The number of aliphatic hydroxyl groups is 1. The van der Waals surface area contributed by atoms with Crippen LogP contribution in [0.15, 0.2) is 36.4 Å². The van der Waals surface area contributed by atoms with Crippen LogP contribution < -0.4 is 0 Å². The first-order valence-electron chi connectivity index (χ1n) is 5.14. The van der Waals surface area contributed by atoms with Crippen molar-refractivity contribution in [1.82, 2.24) is 0 Å². The molecule has 0 aromatic heterocycles. The van der Waals surface area contributed by atoms with E-state index in [1.165, 1.54) is 18.2 Å². The van der Waals surface area contributed by atoms with Crippen LogP contribution in [0.1, 0.15) is 15.9 Å². The summed E-state index contributed by atoms with van der Waals surface area (Å²) in [6.45, 7) is 0. The number of carbonyl (C=O) groups is 1. The van der Waals surface area contributed by atoms with E-state index in [1.807, 2.05) is 0 Å². The van der Waals surface area contributed by atoms with Crippen LogP contribution in [0.25, 0.3) is 10.8 Å². The molecule has 0 spiro atoms. The molecule has 7 heteroatoms. The second-order valence-corrected chi connectivity index (χ2v) is 5.70. The van der Waals surface area contributed by atoms with Crippen LogP contribution in [0.5, 0.6) is 0 Å². The average Bonchev–Trinajstić information content (AvgIpc) is 2.55. The van der Waals surface area contributed by atoms with Crippen LogP contribution in [-0.4, -0.2) is 53.4 Å². The molecule has 0 saturated carbocycles. The number of rotatable bonds is 1. The Hall–Kier alpha value is -0.760. The maximum atomic E-state index is 12.1. The summed E-state index contributed by atoms with van der Waals surface area (Å²) in [6, 6.07) is 9.27. The third kappa shape index (κ3) is 1.72. The molecule has 0 aliphatic heterocycles. The summed E-state index contributed by atoms with van der Waals surface area (Å²) < 4.78 is 31.9. The molecule has 19 heavy (non-hydrogen) atoms. The van der Waals surface area contributed by atoms with Gasteiger partial charge in [-0.1, -0.05) is 36.4 Å². The first kappa shape index (κ1) is 14.6. The summed E-state index contributed by atoms with van der Waals surface area (Å²) in [5.74, 6) is -1.02. The molecule has 1 radical (unpaired) electrons. The fourth-order valence-corrected chi connectivity index (χ4v) is 3.17. The van der Waals surface area contributed by atoms with E-state index in [9.17, 15) is 22.9 Å². The number of ketones is 1. The van der Waals surface area contributed by atoms with Gasteiger partial charge in [-0.3, -0.25) is 9.35 Å². The van der Waals surface area contributed by atoms with E-state index in [4.69, 9.17) is 0 Å². The van der Waals surface area contributed by atoms with Crippen LogP contribution in [0, 0.1) is 0 Å². The molecule has 0 amide bonds. The predicted octanol–water partition coefficient (Wildman–Crippen LogP) is 0.688. The van der Waals surface area contributed by atoms with E-state index in [2.05, 4.69) is 0 Å². The Morgan fingerprint density at radius 3 is 2.21 bits per heavy atom. The molecular weight excluding hydrogens is 279 g/mol. The monoisotopic (exact) mass is 287 g/mol. The Balaban J connectivity index is 0.00000133. The molecule has 93 valence electrons. The summed E-state index contributed by atoms with van der Waals surface area (Å²) >= 11 is 0. The van der Waals surface area contributed by atoms with Gasteiger partial charge in [0.2, 0.25) is 5.78 Å². The van der Waals surface area contributed by atoms with Gasteiger partial charge in [0.1, 0.15) is 0 Å². The third-order valence-electron chi connectivity index (χ3n) is 3.20. The van der Waals surface area contributed by atoms with Crippen LogP contribution >= 0.6 is 0 Å². The Morgan fingerprint density at radius 1 is 1.05 bits per heavy atom. The smallest absolute Gasteiger partial charge is 0.307 e. The summed E-state index contributed by atoms with van der Waals surface area (Å²) in [4.78, 5) is 9.16. The van der Waals surface area contributed by atoms with Gasteiger partial charge < -0.3 is 5.11 Å². The van der Waals surface area contributed by atoms with Gasteiger partial charge in [0.05, 0.1) is 0 Å². The molecule has 0 heterocycles. The SMILES string of the molecule is O=C1c2cccc3cccc(c23)C1(O)S(=O)(=O)O.[Na]. The summed E-state index contributed by atoms with van der Waals surface area (Å²) in [5.41, 5.74) is 0.00586. The zero-order valence-electron chi connectivity index (χ0n) is 9.99. The molecule has 5 nitrogen and oxygen atoms in total. The maximum Gasteiger partial charge on any atom is 0.307 e. The van der Waals surface area contributed by atoms with Crippen molar-refractivity contribution in [3.8, 4) is 0 Å². The third-order valence-corrected chi connectivity index (χ3v) is 4.35. The second kappa shape index (κ2) is 4.37. The van der Waals surface area contributed by atoms with Crippen LogP contribution in [-0.2, 0) is 15.1 Å². The Morgan fingerprint density at radius 2 is 1.63 bits per heavy atom. The van der Waals surface area contributed by atoms with Crippen molar-refractivity contribution in [2.24, 2.45) is 0 Å². The van der Waals surface area contributed by atoms with Crippen molar-refractivity contribution in [1.29, 1.82) is 0 Å². The zero-order valence-corrected chi connectivity index (χ0v) is 12.8. The second-order valence-electron chi connectivity index (χ2n) is 4.16. The summed E-state index contributed by atoms with van der Waals surface area (Å²) in [7, 11) is -4.96. The van der Waals surface area contributed by atoms with Gasteiger partial charge in [0.25, 0.3) is 4.93 Å². The number of Topliss-reactive ketones (excluding diaryl/α,β-unsaturated/α-hetero) is 1. The van der Waals surface area contributed by atoms with Gasteiger partial charge in [-0.05, 0) is 5.39 Å². The Kier molecular flexibility index (Phi) is 3.37. The molecule has 1 aliphatic carbocycles. The molecule has 1 aliphatic rings. The first-order valence-corrected chi connectivity index (χ1v) is 6.58. The molecular formula is C12H8NaO5S.